The Morgan fingerprint density at radius 2 is 2.40 bits per heavy atom. The van der Waals surface area contributed by atoms with E-state index in [0.29, 0.717) is 5.82 Å². The minimum atomic E-state index is -0.245. The highest BCUT2D eigenvalue weighted by Gasteiger charge is 2.18. The molecule has 2 aromatic rings. The standard InChI is InChI=1S/C8H13N7/c1-15-3-2-6(14-15)7(12-10)5-4-11-13-8(5)9/h2-4,7,12H,10H2,1H3,(H3,9,11,13). The highest BCUT2D eigenvalue weighted by Crippen LogP contribution is 2.22. The molecular weight excluding hydrogens is 194 g/mol. The Kier molecular flexibility index (Phi) is 2.40. The minimum absolute atomic E-state index is 0.245. The van der Waals surface area contributed by atoms with Gasteiger partial charge in [-0.2, -0.15) is 10.2 Å². The first-order valence-electron chi connectivity index (χ1n) is 4.46. The molecule has 0 aromatic carbocycles. The largest absolute Gasteiger partial charge is 0.384 e. The van der Waals surface area contributed by atoms with Gasteiger partial charge in [0.2, 0.25) is 0 Å². The van der Waals surface area contributed by atoms with Crippen LogP contribution in [0.5, 0.6) is 0 Å². The molecule has 1 unspecified atom stereocenters. The van der Waals surface area contributed by atoms with Crippen molar-refractivity contribution in [2.75, 3.05) is 5.73 Å². The summed E-state index contributed by atoms with van der Waals surface area (Å²) in [6, 6.07) is 1.63. The Bertz CT molecular complexity index is 443. The van der Waals surface area contributed by atoms with Crippen LogP contribution in [0.4, 0.5) is 5.82 Å². The summed E-state index contributed by atoms with van der Waals surface area (Å²) in [7, 11) is 1.84. The van der Waals surface area contributed by atoms with Crippen LogP contribution in [0.25, 0.3) is 0 Å². The molecule has 0 aliphatic heterocycles. The molecule has 1 atom stereocenters. The molecule has 2 rings (SSSR count). The third-order valence-corrected chi connectivity index (χ3v) is 2.21. The smallest absolute Gasteiger partial charge is 0.124 e. The predicted octanol–water partition coefficient (Wildman–Crippen LogP) is -0.722. The summed E-state index contributed by atoms with van der Waals surface area (Å²) in [5, 5.41) is 10.8. The monoisotopic (exact) mass is 207 g/mol. The van der Waals surface area contributed by atoms with Gasteiger partial charge in [0.15, 0.2) is 0 Å². The van der Waals surface area contributed by atoms with Crippen molar-refractivity contribution >= 4 is 5.82 Å². The average Bonchev–Trinajstić information content (AvgIpc) is 2.79. The quantitative estimate of drug-likeness (QED) is 0.392. The minimum Gasteiger partial charge on any atom is -0.384 e. The maximum Gasteiger partial charge on any atom is 0.124 e. The van der Waals surface area contributed by atoms with Crippen LogP contribution in [0.3, 0.4) is 0 Å². The van der Waals surface area contributed by atoms with Crippen LogP contribution in [0.15, 0.2) is 18.5 Å². The van der Waals surface area contributed by atoms with E-state index in [1.165, 1.54) is 0 Å². The number of hydrazine groups is 1. The van der Waals surface area contributed by atoms with E-state index in [0.717, 1.165) is 11.3 Å². The summed E-state index contributed by atoms with van der Waals surface area (Å²) >= 11 is 0. The number of nitrogen functional groups attached to an aromatic ring is 1. The molecule has 80 valence electrons. The van der Waals surface area contributed by atoms with Gasteiger partial charge in [0, 0.05) is 18.8 Å². The third kappa shape index (κ3) is 1.69. The number of hydrogen-bond donors (Lipinski definition) is 4. The van der Waals surface area contributed by atoms with Gasteiger partial charge in [-0.1, -0.05) is 0 Å². The van der Waals surface area contributed by atoms with E-state index in [1.54, 1.807) is 10.9 Å². The normalized spacial score (nSPS) is 12.9. The van der Waals surface area contributed by atoms with Crippen LogP contribution >= 0.6 is 0 Å². The van der Waals surface area contributed by atoms with E-state index in [1.807, 2.05) is 19.3 Å². The number of anilines is 1. The molecule has 0 aliphatic carbocycles. The van der Waals surface area contributed by atoms with Crippen molar-refractivity contribution in [3.8, 4) is 0 Å². The van der Waals surface area contributed by atoms with Gasteiger partial charge in [-0.15, -0.1) is 0 Å². The average molecular weight is 207 g/mol. The van der Waals surface area contributed by atoms with Gasteiger partial charge >= 0.3 is 0 Å². The molecule has 0 saturated carbocycles. The second-order valence-electron chi connectivity index (χ2n) is 3.25. The molecule has 0 saturated heterocycles. The van der Waals surface area contributed by atoms with E-state index in [4.69, 9.17) is 11.6 Å². The number of hydrogen-bond acceptors (Lipinski definition) is 5. The van der Waals surface area contributed by atoms with Gasteiger partial charge < -0.3 is 5.73 Å². The molecule has 7 nitrogen and oxygen atoms in total. The lowest BCUT2D eigenvalue weighted by atomic mass is 10.1. The zero-order valence-electron chi connectivity index (χ0n) is 8.31. The molecule has 15 heavy (non-hydrogen) atoms. The lowest BCUT2D eigenvalue weighted by Crippen LogP contribution is -2.29. The predicted molar refractivity (Wildman–Crippen MR) is 55.4 cm³/mol. The second kappa shape index (κ2) is 3.71. The number of rotatable bonds is 3. The fourth-order valence-corrected chi connectivity index (χ4v) is 1.46. The van der Waals surface area contributed by atoms with Gasteiger partial charge in [0.25, 0.3) is 0 Å². The molecule has 7 heteroatoms. The number of nitrogens with one attached hydrogen (secondary N) is 2. The van der Waals surface area contributed by atoms with Gasteiger partial charge in [-0.3, -0.25) is 15.6 Å². The van der Waals surface area contributed by atoms with Crippen molar-refractivity contribution in [3.63, 3.8) is 0 Å². The van der Waals surface area contributed by atoms with E-state index < -0.39 is 0 Å². The highest BCUT2D eigenvalue weighted by atomic mass is 15.3. The summed E-state index contributed by atoms with van der Waals surface area (Å²) in [6.07, 6.45) is 3.48. The number of aromatic nitrogens is 4. The maximum absolute atomic E-state index is 5.71. The lowest BCUT2D eigenvalue weighted by Gasteiger charge is -2.11. The van der Waals surface area contributed by atoms with Crippen LogP contribution in [0, 0.1) is 0 Å². The van der Waals surface area contributed by atoms with Gasteiger partial charge in [-0.25, -0.2) is 5.43 Å². The van der Waals surface area contributed by atoms with Crippen LogP contribution in [0.2, 0.25) is 0 Å². The summed E-state index contributed by atoms with van der Waals surface area (Å²) < 4.78 is 1.70. The summed E-state index contributed by atoms with van der Waals surface area (Å²) in [4.78, 5) is 0. The van der Waals surface area contributed by atoms with Crippen molar-refractivity contribution < 1.29 is 0 Å². The van der Waals surface area contributed by atoms with Crippen molar-refractivity contribution in [3.05, 3.63) is 29.7 Å². The van der Waals surface area contributed by atoms with Crippen LogP contribution in [0.1, 0.15) is 17.3 Å². The number of aryl methyl sites for hydroxylation is 1. The lowest BCUT2D eigenvalue weighted by molar-refractivity contribution is 0.605. The van der Waals surface area contributed by atoms with E-state index >= 15 is 0 Å². The molecular formula is C8H13N7. The Morgan fingerprint density at radius 3 is 2.87 bits per heavy atom. The molecule has 0 radical (unpaired) electrons. The third-order valence-electron chi connectivity index (χ3n) is 2.21. The zero-order chi connectivity index (χ0) is 10.8. The molecule has 0 bridgehead atoms. The van der Waals surface area contributed by atoms with E-state index in [-0.39, 0.29) is 6.04 Å². The van der Waals surface area contributed by atoms with E-state index in [9.17, 15) is 0 Å². The fraction of sp³-hybridized carbons (Fsp3) is 0.250. The van der Waals surface area contributed by atoms with Gasteiger partial charge in [0.05, 0.1) is 17.9 Å². The van der Waals surface area contributed by atoms with Gasteiger partial charge in [0.1, 0.15) is 5.82 Å². The number of aromatic amines is 1. The summed E-state index contributed by atoms with van der Waals surface area (Å²) in [5.74, 6) is 5.97. The molecule has 0 amide bonds. The Labute approximate surface area is 86.4 Å². The molecule has 0 fully saturated rings. The number of nitrogens with two attached hydrogens (primary N) is 2. The summed E-state index contributed by atoms with van der Waals surface area (Å²) in [6.45, 7) is 0. The Balaban J connectivity index is 2.36. The maximum atomic E-state index is 5.71. The Hall–Kier alpha value is -1.86. The zero-order valence-corrected chi connectivity index (χ0v) is 8.31. The number of nitrogens with zero attached hydrogens (tertiary/aromatic N) is 3. The Morgan fingerprint density at radius 1 is 1.60 bits per heavy atom. The molecule has 2 heterocycles. The first-order chi connectivity index (χ1) is 7.22. The van der Waals surface area contributed by atoms with E-state index in [2.05, 4.69) is 20.7 Å². The molecule has 0 spiro atoms. The molecule has 6 N–H and O–H groups in total. The van der Waals surface area contributed by atoms with Crippen molar-refractivity contribution in [2.24, 2.45) is 12.9 Å². The first kappa shape index (κ1) is 9.69. The van der Waals surface area contributed by atoms with Crippen LogP contribution in [-0.4, -0.2) is 20.0 Å². The molecule has 0 aliphatic rings. The summed E-state index contributed by atoms with van der Waals surface area (Å²) in [5.41, 5.74) is 9.96. The molecule has 2 aromatic heterocycles. The van der Waals surface area contributed by atoms with Crippen LogP contribution in [-0.2, 0) is 7.05 Å². The SMILES string of the molecule is Cn1ccc(C(NN)c2cn[nH]c2N)n1. The first-order valence-corrected chi connectivity index (χ1v) is 4.46. The highest BCUT2D eigenvalue weighted by molar-refractivity contribution is 5.42. The van der Waals surface area contributed by atoms with Crippen molar-refractivity contribution in [1.82, 2.24) is 25.4 Å². The fourth-order valence-electron chi connectivity index (χ4n) is 1.46. The number of H-pyrrole nitrogens is 1. The van der Waals surface area contributed by atoms with Crippen molar-refractivity contribution in [1.29, 1.82) is 0 Å². The van der Waals surface area contributed by atoms with Crippen LogP contribution < -0.4 is 17.0 Å². The second-order valence-corrected chi connectivity index (χ2v) is 3.25. The van der Waals surface area contributed by atoms with Crippen molar-refractivity contribution in [2.45, 2.75) is 6.04 Å². The van der Waals surface area contributed by atoms with Gasteiger partial charge in [-0.05, 0) is 6.07 Å². The topological polar surface area (TPSA) is 111 Å².